The first kappa shape index (κ1) is 12.7. The highest BCUT2D eigenvalue weighted by atomic mass is 35.5. The standard InChI is InChI=1S/C17H21ClN2/c18-15-3-4-16-14(10-20-17(16)7-15)9-19-8-13-6-11-1-2-12(13)5-11/h3-4,7,10-13,19-20H,1-2,5-6,8-9H2. The highest BCUT2D eigenvalue weighted by Gasteiger charge is 2.38. The van der Waals surface area contributed by atoms with E-state index in [2.05, 4.69) is 22.6 Å². The quantitative estimate of drug-likeness (QED) is 0.860. The molecule has 4 rings (SSSR count). The smallest absolute Gasteiger partial charge is 0.0472 e. The van der Waals surface area contributed by atoms with Crippen LogP contribution >= 0.6 is 11.6 Å². The average molecular weight is 289 g/mol. The molecule has 0 saturated heterocycles. The van der Waals surface area contributed by atoms with Crippen molar-refractivity contribution in [2.75, 3.05) is 6.54 Å². The molecule has 2 nitrogen and oxygen atoms in total. The van der Waals surface area contributed by atoms with Crippen LogP contribution in [0.2, 0.25) is 5.02 Å². The Morgan fingerprint density at radius 3 is 3.00 bits per heavy atom. The lowest BCUT2D eigenvalue weighted by molar-refractivity contribution is 0.318. The van der Waals surface area contributed by atoms with Gasteiger partial charge in [0, 0.05) is 28.7 Å². The summed E-state index contributed by atoms with van der Waals surface area (Å²) in [6.45, 7) is 2.14. The molecule has 2 aromatic rings. The lowest BCUT2D eigenvalue weighted by Crippen LogP contribution is -2.26. The molecule has 1 aromatic heterocycles. The number of hydrogen-bond acceptors (Lipinski definition) is 1. The molecule has 0 radical (unpaired) electrons. The molecule has 0 spiro atoms. The minimum Gasteiger partial charge on any atom is -0.361 e. The molecule has 2 bridgehead atoms. The molecular formula is C17H21ClN2. The zero-order valence-electron chi connectivity index (χ0n) is 11.7. The highest BCUT2D eigenvalue weighted by molar-refractivity contribution is 6.31. The Kier molecular flexibility index (Phi) is 3.24. The fraction of sp³-hybridized carbons (Fsp3) is 0.529. The average Bonchev–Trinajstić information content (AvgIpc) is 3.14. The van der Waals surface area contributed by atoms with Crippen molar-refractivity contribution >= 4 is 22.5 Å². The number of nitrogens with one attached hydrogen (secondary N) is 2. The van der Waals surface area contributed by atoms with E-state index in [0.29, 0.717) is 0 Å². The zero-order valence-corrected chi connectivity index (χ0v) is 12.4. The Balaban J connectivity index is 1.39. The number of halogens is 1. The van der Waals surface area contributed by atoms with E-state index >= 15 is 0 Å². The van der Waals surface area contributed by atoms with Crippen LogP contribution in [0.1, 0.15) is 31.2 Å². The van der Waals surface area contributed by atoms with Crippen LogP contribution in [0, 0.1) is 17.8 Å². The van der Waals surface area contributed by atoms with Crippen LogP contribution in [-0.2, 0) is 6.54 Å². The van der Waals surface area contributed by atoms with E-state index in [4.69, 9.17) is 11.6 Å². The summed E-state index contributed by atoms with van der Waals surface area (Å²) in [5.74, 6) is 2.98. The van der Waals surface area contributed by atoms with E-state index in [1.165, 1.54) is 43.2 Å². The Labute approximate surface area is 124 Å². The van der Waals surface area contributed by atoms with Crippen molar-refractivity contribution in [1.29, 1.82) is 0 Å². The summed E-state index contributed by atoms with van der Waals surface area (Å²) in [4.78, 5) is 3.31. The molecule has 1 aromatic carbocycles. The number of hydrogen-bond donors (Lipinski definition) is 2. The Bertz CT molecular complexity index is 618. The maximum absolute atomic E-state index is 6.02. The van der Waals surface area contributed by atoms with Gasteiger partial charge < -0.3 is 10.3 Å². The first-order chi connectivity index (χ1) is 9.79. The van der Waals surface area contributed by atoms with Crippen molar-refractivity contribution in [3.8, 4) is 0 Å². The zero-order chi connectivity index (χ0) is 13.5. The number of aromatic amines is 1. The molecule has 2 saturated carbocycles. The predicted octanol–water partition coefficient (Wildman–Crippen LogP) is 4.35. The third-order valence-corrected chi connectivity index (χ3v) is 5.57. The van der Waals surface area contributed by atoms with Crippen molar-refractivity contribution in [3.63, 3.8) is 0 Å². The van der Waals surface area contributed by atoms with Gasteiger partial charge in [-0.3, -0.25) is 0 Å². The predicted molar refractivity (Wildman–Crippen MR) is 84.0 cm³/mol. The van der Waals surface area contributed by atoms with Gasteiger partial charge >= 0.3 is 0 Å². The molecule has 3 heteroatoms. The fourth-order valence-electron chi connectivity index (χ4n) is 4.32. The molecule has 20 heavy (non-hydrogen) atoms. The van der Waals surface area contributed by atoms with Crippen molar-refractivity contribution in [1.82, 2.24) is 10.3 Å². The molecule has 0 amide bonds. The first-order valence-corrected chi connectivity index (χ1v) is 8.13. The second kappa shape index (κ2) is 5.09. The van der Waals surface area contributed by atoms with Gasteiger partial charge in [-0.15, -0.1) is 0 Å². The minimum atomic E-state index is 0.792. The molecule has 2 aliphatic rings. The van der Waals surface area contributed by atoms with Crippen molar-refractivity contribution in [2.45, 2.75) is 32.2 Å². The third kappa shape index (κ3) is 2.25. The summed E-state index contributed by atoms with van der Waals surface area (Å²) >= 11 is 6.02. The Morgan fingerprint density at radius 2 is 2.20 bits per heavy atom. The molecule has 2 fully saturated rings. The van der Waals surface area contributed by atoms with Gasteiger partial charge in [0.1, 0.15) is 0 Å². The second-order valence-corrected chi connectivity index (χ2v) is 7.01. The van der Waals surface area contributed by atoms with Crippen LogP contribution in [0.3, 0.4) is 0 Å². The van der Waals surface area contributed by atoms with E-state index in [9.17, 15) is 0 Å². The molecule has 1 heterocycles. The molecule has 2 aliphatic carbocycles. The Hall–Kier alpha value is -0.990. The topological polar surface area (TPSA) is 27.8 Å². The van der Waals surface area contributed by atoms with E-state index in [1.54, 1.807) is 0 Å². The molecular weight excluding hydrogens is 268 g/mol. The molecule has 3 atom stereocenters. The lowest BCUT2D eigenvalue weighted by Gasteiger charge is -2.21. The van der Waals surface area contributed by atoms with Gasteiger partial charge in [-0.1, -0.05) is 24.1 Å². The van der Waals surface area contributed by atoms with Crippen LogP contribution in [-0.4, -0.2) is 11.5 Å². The maximum Gasteiger partial charge on any atom is 0.0472 e. The van der Waals surface area contributed by atoms with Gasteiger partial charge in [0.25, 0.3) is 0 Å². The van der Waals surface area contributed by atoms with Crippen LogP contribution in [0.4, 0.5) is 0 Å². The van der Waals surface area contributed by atoms with Crippen LogP contribution in [0.5, 0.6) is 0 Å². The van der Waals surface area contributed by atoms with Gasteiger partial charge in [0.15, 0.2) is 0 Å². The van der Waals surface area contributed by atoms with Crippen molar-refractivity contribution < 1.29 is 0 Å². The van der Waals surface area contributed by atoms with Gasteiger partial charge in [0.2, 0.25) is 0 Å². The van der Waals surface area contributed by atoms with Crippen LogP contribution < -0.4 is 5.32 Å². The van der Waals surface area contributed by atoms with Crippen LogP contribution in [0.25, 0.3) is 10.9 Å². The second-order valence-electron chi connectivity index (χ2n) is 6.57. The van der Waals surface area contributed by atoms with Gasteiger partial charge in [-0.25, -0.2) is 0 Å². The minimum absolute atomic E-state index is 0.792. The van der Waals surface area contributed by atoms with Crippen molar-refractivity contribution in [3.05, 3.63) is 35.0 Å². The fourth-order valence-corrected chi connectivity index (χ4v) is 4.50. The molecule has 106 valence electrons. The summed E-state index contributed by atoms with van der Waals surface area (Å²) in [6.07, 6.45) is 8.03. The summed E-state index contributed by atoms with van der Waals surface area (Å²) in [7, 11) is 0. The summed E-state index contributed by atoms with van der Waals surface area (Å²) < 4.78 is 0. The van der Waals surface area contributed by atoms with Crippen LogP contribution in [0.15, 0.2) is 24.4 Å². The number of H-pyrrole nitrogens is 1. The van der Waals surface area contributed by atoms with Crippen molar-refractivity contribution in [2.24, 2.45) is 17.8 Å². The SMILES string of the molecule is Clc1ccc2c(CNCC3CC4CCC3C4)c[nH]c2c1. The van der Waals surface area contributed by atoms with E-state index in [0.717, 1.165) is 34.8 Å². The summed E-state index contributed by atoms with van der Waals surface area (Å²) in [6, 6.07) is 6.08. The van der Waals surface area contributed by atoms with Gasteiger partial charge in [-0.2, -0.15) is 0 Å². The summed E-state index contributed by atoms with van der Waals surface area (Å²) in [5.41, 5.74) is 2.48. The lowest BCUT2D eigenvalue weighted by atomic mass is 9.89. The number of benzene rings is 1. The number of rotatable bonds is 4. The molecule has 3 unspecified atom stereocenters. The van der Waals surface area contributed by atoms with Gasteiger partial charge in [0.05, 0.1) is 0 Å². The first-order valence-electron chi connectivity index (χ1n) is 7.76. The van der Waals surface area contributed by atoms with E-state index in [-0.39, 0.29) is 0 Å². The highest BCUT2D eigenvalue weighted by Crippen LogP contribution is 2.47. The number of aromatic nitrogens is 1. The Morgan fingerprint density at radius 1 is 1.25 bits per heavy atom. The van der Waals surface area contributed by atoms with E-state index < -0.39 is 0 Å². The largest absolute Gasteiger partial charge is 0.361 e. The van der Waals surface area contributed by atoms with Gasteiger partial charge in [-0.05, 0) is 61.3 Å². The maximum atomic E-state index is 6.02. The molecule has 0 aliphatic heterocycles. The number of fused-ring (bicyclic) bond motifs is 3. The van der Waals surface area contributed by atoms with E-state index in [1.807, 2.05) is 12.1 Å². The summed E-state index contributed by atoms with van der Waals surface area (Å²) in [5, 5.41) is 5.75. The normalized spacial score (nSPS) is 28.6. The molecule has 2 N–H and O–H groups in total. The third-order valence-electron chi connectivity index (χ3n) is 5.34. The monoisotopic (exact) mass is 288 g/mol.